The van der Waals surface area contributed by atoms with Gasteiger partial charge in [-0.1, -0.05) is 223 Å². The number of carbonyl (C=O) groups is 3. The predicted molar refractivity (Wildman–Crippen MR) is 295 cm³/mol. The number of rotatable bonds is 54. The van der Waals surface area contributed by atoms with Gasteiger partial charge in [-0.3, -0.25) is 9.59 Å². The topological polar surface area (TPSA) is 108 Å². The summed E-state index contributed by atoms with van der Waals surface area (Å²) in [6, 6.07) is 0. The highest BCUT2D eigenvalue weighted by atomic mass is 16.7. The Morgan fingerprint density at radius 1 is 0.429 bits per heavy atom. The third-order valence-corrected chi connectivity index (χ3v) is 12.8. The van der Waals surface area contributed by atoms with Gasteiger partial charge < -0.3 is 28.5 Å². The van der Waals surface area contributed by atoms with Crippen LogP contribution >= 0.6 is 0 Å². The van der Waals surface area contributed by atoms with Crippen molar-refractivity contribution in [3.63, 3.8) is 0 Å². The summed E-state index contributed by atoms with van der Waals surface area (Å²) in [7, 11) is 5.97. The lowest BCUT2D eigenvalue weighted by Crippen LogP contribution is -2.40. The maximum absolute atomic E-state index is 12.9. The van der Waals surface area contributed by atoms with Crippen LogP contribution in [0.1, 0.15) is 264 Å². The quantitative estimate of drug-likeness (QED) is 0.0211. The van der Waals surface area contributed by atoms with Gasteiger partial charge in [0.2, 0.25) is 0 Å². The first kappa shape index (κ1) is 67.2. The van der Waals surface area contributed by atoms with Gasteiger partial charge in [-0.05, 0) is 77.0 Å². The van der Waals surface area contributed by atoms with Crippen molar-refractivity contribution in [3.8, 4) is 0 Å². The normalized spacial score (nSPS) is 13.1. The molecule has 408 valence electrons. The summed E-state index contributed by atoms with van der Waals surface area (Å²) in [6.45, 7) is 4.87. The van der Waals surface area contributed by atoms with Gasteiger partial charge in [0.1, 0.15) is 13.2 Å². The van der Waals surface area contributed by atoms with E-state index in [2.05, 4.69) is 62.5 Å². The minimum Gasteiger partial charge on any atom is -0.477 e. The Hall–Kier alpha value is -2.75. The number of aliphatic carboxylic acids is 1. The number of quaternary nitrogens is 1. The Morgan fingerprint density at radius 3 is 1.14 bits per heavy atom. The van der Waals surface area contributed by atoms with E-state index in [1.165, 1.54) is 173 Å². The van der Waals surface area contributed by atoms with E-state index < -0.39 is 24.3 Å². The number of hydrogen-bond donors (Lipinski definition) is 1. The average Bonchev–Trinajstić information content (AvgIpc) is 3.33. The molecular formula is C61H112NO8+. The van der Waals surface area contributed by atoms with Crippen LogP contribution in [0.3, 0.4) is 0 Å². The summed E-state index contributed by atoms with van der Waals surface area (Å²) in [4.78, 5) is 37.4. The largest absolute Gasteiger partial charge is 0.477 e. The average molecular weight is 988 g/mol. The van der Waals surface area contributed by atoms with E-state index in [4.69, 9.17) is 18.9 Å². The molecule has 0 amide bonds. The lowest BCUT2D eigenvalue weighted by molar-refractivity contribution is -0.870. The molecule has 0 aromatic heterocycles. The molecule has 0 rings (SSSR count). The Labute approximate surface area is 432 Å². The molecule has 2 atom stereocenters. The number of likely N-dealkylation sites (N-methyl/N-ethyl adjacent to an activating group) is 1. The Kier molecular flexibility index (Phi) is 50.5. The van der Waals surface area contributed by atoms with E-state index in [1.54, 1.807) is 0 Å². The summed E-state index contributed by atoms with van der Waals surface area (Å²) in [5, 5.41) is 9.70. The van der Waals surface area contributed by atoms with Crippen LogP contribution < -0.4 is 0 Å². The van der Waals surface area contributed by atoms with Gasteiger partial charge >= 0.3 is 17.9 Å². The second-order valence-electron chi connectivity index (χ2n) is 20.9. The molecule has 0 aromatic rings. The highest BCUT2D eigenvalue weighted by Crippen LogP contribution is 2.16. The van der Waals surface area contributed by atoms with Crippen molar-refractivity contribution in [1.82, 2.24) is 0 Å². The second-order valence-corrected chi connectivity index (χ2v) is 20.9. The van der Waals surface area contributed by atoms with E-state index in [0.717, 1.165) is 64.2 Å². The Morgan fingerprint density at radius 2 is 0.771 bits per heavy atom. The molecule has 0 bridgehead atoms. The third-order valence-electron chi connectivity index (χ3n) is 12.8. The molecule has 0 fully saturated rings. The third kappa shape index (κ3) is 53.1. The highest BCUT2D eigenvalue weighted by Gasteiger charge is 2.25. The van der Waals surface area contributed by atoms with Crippen LogP contribution in [0.5, 0.6) is 0 Å². The van der Waals surface area contributed by atoms with Crippen molar-refractivity contribution in [3.05, 3.63) is 48.6 Å². The van der Waals surface area contributed by atoms with Gasteiger partial charge in [0.05, 0.1) is 34.4 Å². The number of esters is 2. The molecule has 0 spiro atoms. The molecule has 0 heterocycles. The molecule has 0 radical (unpaired) electrons. The van der Waals surface area contributed by atoms with Crippen molar-refractivity contribution in [2.45, 2.75) is 277 Å². The lowest BCUT2D eigenvalue weighted by atomic mass is 10.0. The number of carboxylic acids is 1. The summed E-state index contributed by atoms with van der Waals surface area (Å²) in [6.07, 6.45) is 61.8. The fourth-order valence-electron chi connectivity index (χ4n) is 8.25. The van der Waals surface area contributed by atoms with Crippen LogP contribution in [-0.2, 0) is 33.3 Å². The van der Waals surface area contributed by atoms with Crippen molar-refractivity contribution in [2.24, 2.45) is 0 Å². The van der Waals surface area contributed by atoms with E-state index in [9.17, 15) is 19.5 Å². The molecule has 9 heteroatoms. The standard InChI is InChI=1S/C61H111NO8/c1-6-8-10-12-14-16-18-20-22-24-26-27-28-29-30-31-32-33-34-36-38-40-42-44-46-48-50-52-59(64)70-57(56-69-61(60(65)66)67-54-53-62(3,4)5)55-68-58(63)51-49-47-45-43-41-39-37-35-25-23-21-19-17-15-13-11-9-7-2/h17-20,23-26,57,61H,6-16,21-22,27-56H2,1-5H3/p+1/b19-17-,20-18-,25-23-,26-24-. The number of unbranched alkanes of at least 4 members (excludes halogenated alkanes) is 31. The fraction of sp³-hybridized carbons (Fsp3) is 0.820. The second kappa shape index (κ2) is 52.6. The lowest BCUT2D eigenvalue weighted by Gasteiger charge is -2.25. The van der Waals surface area contributed by atoms with Crippen LogP contribution in [0, 0.1) is 0 Å². The van der Waals surface area contributed by atoms with Crippen LogP contribution in [-0.4, -0.2) is 87.4 Å². The zero-order valence-electron chi connectivity index (χ0n) is 46.4. The summed E-state index contributed by atoms with van der Waals surface area (Å²) in [5.41, 5.74) is 0. The van der Waals surface area contributed by atoms with Crippen LogP contribution in [0.15, 0.2) is 48.6 Å². The smallest absolute Gasteiger partial charge is 0.361 e. The van der Waals surface area contributed by atoms with E-state index >= 15 is 0 Å². The molecule has 0 saturated carbocycles. The SMILES string of the molecule is CCCCCC/C=C\C/C=C\CCCCCCCCCC(=O)OCC(COC(OCC[N+](C)(C)C)C(=O)O)OC(=O)CCCCCCCCCCCCCCCCC/C=C\C/C=C\CCCCCCC. The monoisotopic (exact) mass is 987 g/mol. The molecule has 2 unspecified atom stereocenters. The van der Waals surface area contributed by atoms with E-state index in [-0.39, 0.29) is 32.2 Å². The molecule has 0 saturated heterocycles. The number of allylic oxidation sites excluding steroid dienone is 8. The fourth-order valence-corrected chi connectivity index (χ4v) is 8.25. The Balaban J connectivity index is 4.21. The van der Waals surface area contributed by atoms with Crippen molar-refractivity contribution in [1.29, 1.82) is 0 Å². The Bertz CT molecular complexity index is 1290. The molecule has 0 aliphatic heterocycles. The summed E-state index contributed by atoms with van der Waals surface area (Å²) in [5.74, 6) is -2.01. The highest BCUT2D eigenvalue weighted by molar-refractivity contribution is 5.71. The first-order valence-electron chi connectivity index (χ1n) is 29.3. The van der Waals surface area contributed by atoms with Gasteiger partial charge in [0, 0.05) is 12.8 Å². The van der Waals surface area contributed by atoms with Crippen LogP contribution in [0.25, 0.3) is 0 Å². The maximum atomic E-state index is 12.9. The van der Waals surface area contributed by atoms with Gasteiger partial charge in [-0.2, -0.15) is 0 Å². The number of carboxylic acid groups (broad SMARTS) is 1. The van der Waals surface area contributed by atoms with Crippen LogP contribution in [0.4, 0.5) is 0 Å². The molecular weight excluding hydrogens is 875 g/mol. The molecule has 70 heavy (non-hydrogen) atoms. The van der Waals surface area contributed by atoms with Gasteiger partial charge in [-0.15, -0.1) is 0 Å². The zero-order valence-corrected chi connectivity index (χ0v) is 46.4. The minimum absolute atomic E-state index is 0.185. The molecule has 1 N–H and O–H groups in total. The van der Waals surface area contributed by atoms with Crippen molar-refractivity contribution >= 4 is 17.9 Å². The molecule has 0 aliphatic rings. The number of ether oxygens (including phenoxy) is 4. The van der Waals surface area contributed by atoms with Gasteiger partial charge in [0.25, 0.3) is 6.29 Å². The molecule has 0 aliphatic carbocycles. The molecule has 0 aromatic carbocycles. The minimum atomic E-state index is -1.51. The first-order chi connectivity index (χ1) is 34.1. The van der Waals surface area contributed by atoms with Gasteiger partial charge in [0.15, 0.2) is 6.10 Å². The molecule has 9 nitrogen and oxygen atoms in total. The maximum Gasteiger partial charge on any atom is 0.361 e. The summed E-state index contributed by atoms with van der Waals surface area (Å²) < 4.78 is 22.9. The van der Waals surface area contributed by atoms with Gasteiger partial charge in [-0.25, -0.2) is 4.79 Å². The summed E-state index contributed by atoms with van der Waals surface area (Å²) >= 11 is 0. The predicted octanol–water partition coefficient (Wildman–Crippen LogP) is 17.1. The first-order valence-corrected chi connectivity index (χ1v) is 29.3. The van der Waals surface area contributed by atoms with Crippen molar-refractivity contribution in [2.75, 3.05) is 47.5 Å². The number of hydrogen-bond acceptors (Lipinski definition) is 7. The zero-order chi connectivity index (χ0) is 51.3. The van der Waals surface area contributed by atoms with Crippen LogP contribution in [0.2, 0.25) is 0 Å². The van der Waals surface area contributed by atoms with E-state index in [0.29, 0.717) is 17.4 Å². The number of carbonyl (C=O) groups excluding carboxylic acids is 2. The van der Waals surface area contributed by atoms with Crippen molar-refractivity contribution < 1.29 is 42.9 Å². The number of nitrogens with zero attached hydrogens (tertiary/aromatic N) is 1. The van der Waals surface area contributed by atoms with E-state index in [1.807, 2.05) is 21.1 Å².